The predicted molar refractivity (Wildman–Crippen MR) is 61.6 cm³/mol. The standard InChI is InChI=1S/C13H8F3NO2/c14-13(15,16)11-6-5-8(7-17-11)9-3-1-2-4-10(9)12(18)19/h1-7H,(H,18,19). The van der Waals surface area contributed by atoms with Crippen LogP contribution in [0.1, 0.15) is 16.1 Å². The van der Waals surface area contributed by atoms with Crippen LogP contribution in [-0.2, 0) is 6.18 Å². The first-order chi connectivity index (χ1) is 8.89. The van der Waals surface area contributed by atoms with E-state index in [1.807, 2.05) is 0 Å². The highest BCUT2D eigenvalue weighted by Gasteiger charge is 2.32. The van der Waals surface area contributed by atoms with Gasteiger partial charge in [-0.2, -0.15) is 13.2 Å². The van der Waals surface area contributed by atoms with Crippen LogP contribution >= 0.6 is 0 Å². The highest BCUT2D eigenvalue weighted by atomic mass is 19.4. The van der Waals surface area contributed by atoms with Gasteiger partial charge >= 0.3 is 12.1 Å². The van der Waals surface area contributed by atoms with E-state index < -0.39 is 17.8 Å². The smallest absolute Gasteiger partial charge is 0.433 e. The van der Waals surface area contributed by atoms with Gasteiger partial charge in [0.25, 0.3) is 0 Å². The normalized spacial score (nSPS) is 11.3. The molecule has 0 fully saturated rings. The Morgan fingerprint density at radius 1 is 1.11 bits per heavy atom. The van der Waals surface area contributed by atoms with Crippen LogP contribution in [0.4, 0.5) is 13.2 Å². The zero-order chi connectivity index (χ0) is 14.0. The molecular formula is C13H8F3NO2. The molecule has 2 rings (SSSR count). The molecule has 0 spiro atoms. The molecule has 0 radical (unpaired) electrons. The van der Waals surface area contributed by atoms with Crippen molar-refractivity contribution in [2.45, 2.75) is 6.18 Å². The summed E-state index contributed by atoms with van der Waals surface area (Å²) < 4.78 is 37.1. The minimum absolute atomic E-state index is 0.0176. The third kappa shape index (κ3) is 2.73. The van der Waals surface area contributed by atoms with Gasteiger partial charge in [-0.05, 0) is 17.7 Å². The topological polar surface area (TPSA) is 50.2 Å². The van der Waals surface area contributed by atoms with Crippen molar-refractivity contribution in [1.29, 1.82) is 0 Å². The fraction of sp³-hybridized carbons (Fsp3) is 0.0769. The summed E-state index contributed by atoms with van der Waals surface area (Å²) >= 11 is 0. The van der Waals surface area contributed by atoms with Crippen LogP contribution in [0, 0.1) is 0 Å². The molecule has 0 bridgehead atoms. The number of pyridine rings is 1. The summed E-state index contributed by atoms with van der Waals surface area (Å²) in [4.78, 5) is 14.3. The molecule has 0 unspecified atom stereocenters. The van der Waals surface area contributed by atoms with Gasteiger partial charge in [0, 0.05) is 11.8 Å². The number of nitrogens with zero attached hydrogens (tertiary/aromatic N) is 1. The first kappa shape index (κ1) is 13.1. The lowest BCUT2D eigenvalue weighted by Crippen LogP contribution is -2.07. The monoisotopic (exact) mass is 267 g/mol. The van der Waals surface area contributed by atoms with Gasteiger partial charge in [-0.15, -0.1) is 0 Å². The van der Waals surface area contributed by atoms with Crippen molar-refractivity contribution in [3.8, 4) is 11.1 Å². The Kier molecular flexibility index (Phi) is 3.25. The Bertz CT molecular complexity index is 606. The Labute approximate surface area is 106 Å². The molecule has 0 atom stereocenters. The molecule has 0 amide bonds. The van der Waals surface area contributed by atoms with Crippen molar-refractivity contribution in [3.05, 3.63) is 53.9 Å². The number of benzene rings is 1. The van der Waals surface area contributed by atoms with E-state index in [4.69, 9.17) is 5.11 Å². The van der Waals surface area contributed by atoms with Crippen molar-refractivity contribution in [2.24, 2.45) is 0 Å². The maximum absolute atomic E-state index is 12.4. The Balaban J connectivity index is 2.46. The summed E-state index contributed by atoms with van der Waals surface area (Å²) in [6, 6.07) is 8.10. The Morgan fingerprint density at radius 3 is 2.32 bits per heavy atom. The molecule has 2 aromatic rings. The van der Waals surface area contributed by atoms with Crippen LogP contribution < -0.4 is 0 Å². The quantitative estimate of drug-likeness (QED) is 0.906. The van der Waals surface area contributed by atoms with Crippen molar-refractivity contribution in [2.75, 3.05) is 0 Å². The van der Waals surface area contributed by atoms with E-state index in [1.165, 1.54) is 18.2 Å². The molecule has 0 saturated heterocycles. The van der Waals surface area contributed by atoms with E-state index in [1.54, 1.807) is 12.1 Å². The van der Waals surface area contributed by atoms with Crippen LogP contribution in [0.15, 0.2) is 42.6 Å². The van der Waals surface area contributed by atoms with E-state index in [9.17, 15) is 18.0 Å². The molecule has 6 heteroatoms. The number of aromatic nitrogens is 1. The Morgan fingerprint density at radius 2 is 1.79 bits per heavy atom. The number of carbonyl (C=O) groups is 1. The maximum atomic E-state index is 12.4. The highest BCUT2D eigenvalue weighted by molar-refractivity contribution is 5.95. The van der Waals surface area contributed by atoms with Gasteiger partial charge in [0.2, 0.25) is 0 Å². The second kappa shape index (κ2) is 4.72. The van der Waals surface area contributed by atoms with Crippen molar-refractivity contribution >= 4 is 5.97 Å². The summed E-state index contributed by atoms with van der Waals surface area (Å²) in [5.74, 6) is -1.14. The minimum Gasteiger partial charge on any atom is -0.478 e. The van der Waals surface area contributed by atoms with Gasteiger partial charge in [0.05, 0.1) is 5.56 Å². The summed E-state index contributed by atoms with van der Waals surface area (Å²) in [6.07, 6.45) is -3.49. The van der Waals surface area contributed by atoms with Crippen molar-refractivity contribution < 1.29 is 23.1 Å². The van der Waals surface area contributed by atoms with Crippen LogP contribution in [0.2, 0.25) is 0 Å². The number of carboxylic acids is 1. The number of rotatable bonds is 2. The second-order valence-electron chi connectivity index (χ2n) is 3.78. The van der Waals surface area contributed by atoms with Crippen LogP contribution in [0.3, 0.4) is 0 Å². The summed E-state index contributed by atoms with van der Waals surface area (Å²) in [6.45, 7) is 0. The molecule has 98 valence electrons. The molecule has 0 aliphatic heterocycles. The zero-order valence-corrected chi connectivity index (χ0v) is 9.48. The number of aromatic carboxylic acids is 1. The van der Waals surface area contributed by atoms with Gasteiger partial charge in [0.1, 0.15) is 5.69 Å². The van der Waals surface area contributed by atoms with E-state index >= 15 is 0 Å². The largest absolute Gasteiger partial charge is 0.478 e. The van der Waals surface area contributed by atoms with Gasteiger partial charge in [-0.3, -0.25) is 4.98 Å². The SMILES string of the molecule is O=C(O)c1ccccc1-c1ccc(C(F)(F)F)nc1. The molecule has 1 aromatic heterocycles. The maximum Gasteiger partial charge on any atom is 0.433 e. The number of carboxylic acid groups (broad SMARTS) is 1. The van der Waals surface area contributed by atoms with Crippen molar-refractivity contribution in [1.82, 2.24) is 4.98 Å². The third-order valence-corrected chi connectivity index (χ3v) is 2.52. The van der Waals surface area contributed by atoms with Gasteiger partial charge in [0.15, 0.2) is 0 Å². The van der Waals surface area contributed by atoms with Gasteiger partial charge < -0.3 is 5.11 Å². The minimum atomic E-state index is -4.51. The molecule has 1 aromatic carbocycles. The zero-order valence-electron chi connectivity index (χ0n) is 9.48. The van der Waals surface area contributed by atoms with Crippen LogP contribution in [0.5, 0.6) is 0 Å². The molecule has 1 heterocycles. The number of alkyl halides is 3. The van der Waals surface area contributed by atoms with E-state index in [0.717, 1.165) is 12.3 Å². The average Bonchev–Trinajstić information content (AvgIpc) is 2.38. The summed E-state index contributed by atoms with van der Waals surface area (Å²) in [7, 11) is 0. The molecule has 0 saturated carbocycles. The first-order valence-corrected chi connectivity index (χ1v) is 5.25. The third-order valence-electron chi connectivity index (χ3n) is 2.52. The lowest BCUT2D eigenvalue weighted by Gasteiger charge is -2.08. The molecule has 3 nitrogen and oxygen atoms in total. The lowest BCUT2D eigenvalue weighted by atomic mass is 10.0. The summed E-state index contributed by atoms with van der Waals surface area (Å²) in [5.41, 5.74) is -0.338. The lowest BCUT2D eigenvalue weighted by molar-refractivity contribution is -0.141. The first-order valence-electron chi connectivity index (χ1n) is 5.25. The van der Waals surface area contributed by atoms with Gasteiger partial charge in [-0.1, -0.05) is 24.3 Å². The molecule has 1 N–H and O–H groups in total. The van der Waals surface area contributed by atoms with E-state index in [-0.39, 0.29) is 5.56 Å². The fourth-order valence-electron chi connectivity index (χ4n) is 1.64. The number of halogens is 3. The molecule has 0 aliphatic rings. The average molecular weight is 267 g/mol. The molecular weight excluding hydrogens is 259 g/mol. The fourth-order valence-corrected chi connectivity index (χ4v) is 1.64. The van der Waals surface area contributed by atoms with Crippen LogP contribution in [-0.4, -0.2) is 16.1 Å². The Hall–Kier alpha value is -2.37. The van der Waals surface area contributed by atoms with Gasteiger partial charge in [-0.25, -0.2) is 4.79 Å². The molecule has 0 aliphatic carbocycles. The van der Waals surface area contributed by atoms with Crippen molar-refractivity contribution in [3.63, 3.8) is 0 Å². The van der Waals surface area contributed by atoms with E-state index in [2.05, 4.69) is 4.98 Å². The second-order valence-corrected chi connectivity index (χ2v) is 3.78. The van der Waals surface area contributed by atoms with Crippen LogP contribution in [0.25, 0.3) is 11.1 Å². The highest BCUT2D eigenvalue weighted by Crippen LogP contribution is 2.29. The number of hydrogen-bond donors (Lipinski definition) is 1. The van der Waals surface area contributed by atoms with E-state index in [0.29, 0.717) is 11.1 Å². The molecule has 19 heavy (non-hydrogen) atoms. The summed E-state index contributed by atoms with van der Waals surface area (Å²) in [5, 5.41) is 9.01. The number of hydrogen-bond acceptors (Lipinski definition) is 2. The predicted octanol–water partition coefficient (Wildman–Crippen LogP) is 3.47.